The van der Waals surface area contributed by atoms with E-state index < -0.39 is 5.60 Å². The van der Waals surface area contributed by atoms with Crippen LogP contribution < -0.4 is 9.47 Å². The molecule has 0 spiro atoms. The Morgan fingerprint density at radius 3 is 1.83 bits per heavy atom. The van der Waals surface area contributed by atoms with E-state index in [0.29, 0.717) is 18.0 Å². The highest BCUT2D eigenvalue weighted by Crippen LogP contribution is 2.47. The normalized spacial score (nSPS) is 25.6. The predicted molar refractivity (Wildman–Crippen MR) is 115 cm³/mol. The summed E-state index contributed by atoms with van der Waals surface area (Å²) in [6.07, 6.45) is 5.70. The quantitative estimate of drug-likeness (QED) is 0.738. The third kappa shape index (κ3) is 3.64. The fourth-order valence-electron chi connectivity index (χ4n) is 5.74. The van der Waals surface area contributed by atoms with Gasteiger partial charge < -0.3 is 19.1 Å². The Hall–Kier alpha value is -2.04. The van der Waals surface area contributed by atoms with E-state index in [1.165, 1.54) is 25.7 Å². The lowest BCUT2D eigenvalue weighted by atomic mass is 9.75. The highest BCUT2D eigenvalue weighted by atomic mass is 16.5. The van der Waals surface area contributed by atoms with Gasteiger partial charge in [-0.25, -0.2) is 0 Å². The van der Waals surface area contributed by atoms with E-state index in [9.17, 15) is 5.11 Å². The summed E-state index contributed by atoms with van der Waals surface area (Å²) in [7, 11) is 8.11. The molecule has 0 aromatic heterocycles. The van der Waals surface area contributed by atoms with Crippen molar-refractivity contribution in [2.24, 2.45) is 5.92 Å². The Labute approximate surface area is 174 Å². The lowest BCUT2D eigenvalue weighted by Gasteiger charge is -2.46. The van der Waals surface area contributed by atoms with E-state index in [1.807, 2.05) is 48.5 Å². The zero-order valence-electron chi connectivity index (χ0n) is 18.1. The Bertz CT molecular complexity index is 799. The zero-order chi connectivity index (χ0) is 20.6. The minimum atomic E-state index is -1.07. The third-order valence-corrected chi connectivity index (χ3v) is 7.60. The number of piperidine rings is 1. The van der Waals surface area contributed by atoms with Crippen molar-refractivity contribution in [2.45, 2.75) is 49.8 Å². The summed E-state index contributed by atoms with van der Waals surface area (Å²) in [6, 6.07) is 17.2. The topological polar surface area (TPSA) is 38.7 Å². The van der Waals surface area contributed by atoms with Crippen molar-refractivity contribution in [3.8, 4) is 11.5 Å². The van der Waals surface area contributed by atoms with Gasteiger partial charge in [0.25, 0.3) is 0 Å². The first-order chi connectivity index (χ1) is 13.9. The molecule has 2 saturated heterocycles. The monoisotopic (exact) mass is 396 g/mol. The summed E-state index contributed by atoms with van der Waals surface area (Å²) < 4.78 is 12.1. The van der Waals surface area contributed by atoms with Crippen LogP contribution in [0.3, 0.4) is 0 Å². The van der Waals surface area contributed by atoms with Crippen LogP contribution in [0.1, 0.15) is 43.2 Å². The maximum atomic E-state index is 12.2. The molecule has 1 unspecified atom stereocenters. The molecular formula is C25H34NO3+. The smallest absolute Gasteiger partial charge is 0.119 e. The average molecular weight is 397 g/mol. The first-order valence-electron chi connectivity index (χ1n) is 10.7. The molecule has 156 valence electrons. The lowest BCUT2D eigenvalue weighted by Crippen LogP contribution is -2.55. The van der Waals surface area contributed by atoms with Crippen molar-refractivity contribution in [1.29, 1.82) is 0 Å². The fraction of sp³-hybridized carbons (Fsp3) is 0.520. The van der Waals surface area contributed by atoms with E-state index >= 15 is 0 Å². The van der Waals surface area contributed by atoms with E-state index in [0.717, 1.165) is 33.5 Å². The Balaban J connectivity index is 1.71. The molecule has 4 heteroatoms. The van der Waals surface area contributed by atoms with Crippen LogP contribution in [-0.4, -0.2) is 50.0 Å². The summed E-state index contributed by atoms with van der Waals surface area (Å²) >= 11 is 0. The second-order valence-corrected chi connectivity index (χ2v) is 9.38. The molecule has 2 aliphatic rings. The average Bonchev–Trinajstić information content (AvgIpc) is 2.89. The Morgan fingerprint density at radius 1 is 0.897 bits per heavy atom. The van der Waals surface area contributed by atoms with Gasteiger partial charge in [0.1, 0.15) is 17.1 Å². The predicted octanol–water partition coefficient (Wildman–Crippen LogP) is 4.35. The van der Waals surface area contributed by atoms with Crippen molar-refractivity contribution < 1.29 is 19.1 Å². The summed E-state index contributed by atoms with van der Waals surface area (Å²) in [5.41, 5.74) is 0.704. The Morgan fingerprint density at radius 2 is 1.38 bits per heavy atom. The second-order valence-electron chi connectivity index (χ2n) is 9.38. The number of methoxy groups -OCH3 is 2. The molecule has 0 amide bonds. The number of aliphatic hydroxyl groups is 1. The van der Waals surface area contributed by atoms with Gasteiger partial charge in [-0.1, -0.05) is 24.3 Å². The van der Waals surface area contributed by atoms with Crippen molar-refractivity contribution >= 4 is 0 Å². The van der Waals surface area contributed by atoms with Crippen molar-refractivity contribution in [1.82, 2.24) is 0 Å². The van der Waals surface area contributed by atoms with E-state index in [-0.39, 0.29) is 0 Å². The van der Waals surface area contributed by atoms with Crippen LogP contribution in [-0.2, 0) is 5.60 Å². The molecule has 2 heterocycles. The van der Waals surface area contributed by atoms with Crippen LogP contribution in [0.15, 0.2) is 48.5 Å². The van der Waals surface area contributed by atoms with Crippen molar-refractivity contribution in [3.05, 3.63) is 59.7 Å². The summed E-state index contributed by atoms with van der Waals surface area (Å²) in [6.45, 7) is 0. The highest BCUT2D eigenvalue weighted by Gasteiger charge is 2.50. The molecule has 2 fully saturated rings. The minimum absolute atomic E-state index is 0.501. The fourth-order valence-corrected chi connectivity index (χ4v) is 5.74. The Kier molecular flexibility index (Phi) is 5.34. The molecule has 2 bridgehead atoms. The standard InChI is InChI=1S/C25H34NO3/c1-26(2)21-11-12-22(26)14-18(13-21)17-25(27,19-7-5-9-23(15-19)28-3)20-8-6-10-24(16-20)29-4/h5-10,15-16,18,21-22,27H,11-14,17H2,1-4H3/q+1/t18?,21-,22+. The van der Waals surface area contributed by atoms with Gasteiger partial charge in [-0.05, 0) is 47.7 Å². The largest absolute Gasteiger partial charge is 0.497 e. The lowest BCUT2D eigenvalue weighted by molar-refractivity contribution is -0.931. The SMILES string of the molecule is COc1cccc(C(O)(CC2C[C@H]3CC[C@@H](C2)[N+]3(C)C)c2cccc(OC)c2)c1. The number of hydrogen-bond donors (Lipinski definition) is 1. The minimum Gasteiger partial charge on any atom is -0.497 e. The van der Waals surface area contributed by atoms with Gasteiger partial charge in [-0.3, -0.25) is 0 Å². The second kappa shape index (κ2) is 7.66. The number of rotatable bonds is 6. The molecule has 0 saturated carbocycles. The summed E-state index contributed by atoms with van der Waals surface area (Å²) in [5.74, 6) is 2.04. The molecule has 2 aromatic carbocycles. The van der Waals surface area contributed by atoms with Gasteiger partial charge in [-0.2, -0.15) is 0 Å². The number of quaternary nitrogens is 1. The summed E-state index contributed by atoms with van der Waals surface area (Å²) in [5, 5.41) is 12.2. The van der Waals surface area contributed by atoms with Gasteiger partial charge in [0.15, 0.2) is 0 Å². The van der Waals surface area contributed by atoms with Crippen molar-refractivity contribution in [3.63, 3.8) is 0 Å². The molecule has 4 rings (SSSR count). The molecule has 3 atom stereocenters. The van der Waals surface area contributed by atoms with E-state index in [4.69, 9.17) is 9.47 Å². The molecule has 0 radical (unpaired) electrons. The molecule has 0 aliphatic carbocycles. The molecule has 4 nitrogen and oxygen atoms in total. The van der Waals surface area contributed by atoms with Crippen LogP contribution in [0.5, 0.6) is 11.5 Å². The van der Waals surface area contributed by atoms with Crippen LogP contribution in [0, 0.1) is 5.92 Å². The van der Waals surface area contributed by atoms with Crippen LogP contribution in [0.2, 0.25) is 0 Å². The van der Waals surface area contributed by atoms with E-state index in [2.05, 4.69) is 14.1 Å². The number of hydrogen-bond acceptors (Lipinski definition) is 3. The van der Waals surface area contributed by atoms with Crippen LogP contribution in [0.4, 0.5) is 0 Å². The first kappa shape index (κ1) is 20.2. The number of fused-ring (bicyclic) bond motifs is 2. The summed E-state index contributed by atoms with van der Waals surface area (Å²) in [4.78, 5) is 0. The highest BCUT2D eigenvalue weighted by molar-refractivity contribution is 5.42. The van der Waals surface area contributed by atoms with Gasteiger partial charge >= 0.3 is 0 Å². The first-order valence-corrected chi connectivity index (χ1v) is 10.7. The van der Waals surface area contributed by atoms with Gasteiger partial charge in [0.05, 0.1) is 40.4 Å². The van der Waals surface area contributed by atoms with Gasteiger partial charge in [0, 0.05) is 25.7 Å². The van der Waals surface area contributed by atoms with Crippen molar-refractivity contribution in [2.75, 3.05) is 28.3 Å². The zero-order valence-corrected chi connectivity index (χ0v) is 18.1. The molecule has 2 aliphatic heterocycles. The number of benzene rings is 2. The van der Waals surface area contributed by atoms with Gasteiger partial charge in [0.2, 0.25) is 0 Å². The molecule has 2 aromatic rings. The molecular weight excluding hydrogens is 362 g/mol. The van der Waals surface area contributed by atoms with Crippen LogP contribution in [0.25, 0.3) is 0 Å². The maximum Gasteiger partial charge on any atom is 0.119 e. The maximum absolute atomic E-state index is 12.2. The molecule has 29 heavy (non-hydrogen) atoms. The van der Waals surface area contributed by atoms with Gasteiger partial charge in [-0.15, -0.1) is 0 Å². The number of nitrogens with zero attached hydrogens (tertiary/aromatic N) is 1. The van der Waals surface area contributed by atoms with Crippen LogP contribution >= 0.6 is 0 Å². The molecule has 1 N–H and O–H groups in total. The van der Waals surface area contributed by atoms with E-state index in [1.54, 1.807) is 14.2 Å². The third-order valence-electron chi connectivity index (χ3n) is 7.60. The number of ether oxygens (including phenoxy) is 2.